The van der Waals surface area contributed by atoms with Gasteiger partial charge in [-0.25, -0.2) is 0 Å². The molecular formula is C18H23N3O3S. The van der Waals surface area contributed by atoms with Crippen LogP contribution >= 0.6 is 12.2 Å². The number of aromatic amines is 2. The molecule has 1 aliphatic rings. The van der Waals surface area contributed by atoms with E-state index in [1.54, 1.807) is 18.2 Å². The van der Waals surface area contributed by atoms with E-state index in [-0.39, 0.29) is 16.2 Å². The van der Waals surface area contributed by atoms with E-state index in [2.05, 4.69) is 22.2 Å². The number of carbonyl (C=O) groups excluding carboxylic acids is 1. The Kier molecular flexibility index (Phi) is 5.65. The minimum Gasteiger partial charge on any atom is -0.376 e. The predicted octanol–water partition coefficient (Wildman–Crippen LogP) is 2.91. The maximum absolute atomic E-state index is 12.3. The van der Waals surface area contributed by atoms with Crippen molar-refractivity contribution in [3.05, 3.63) is 38.9 Å². The van der Waals surface area contributed by atoms with E-state index in [9.17, 15) is 9.59 Å². The summed E-state index contributed by atoms with van der Waals surface area (Å²) in [4.78, 5) is 29.5. The molecule has 1 amide bonds. The molecule has 0 aliphatic heterocycles. The summed E-state index contributed by atoms with van der Waals surface area (Å²) in [6, 6.07) is 4.89. The minimum absolute atomic E-state index is 0.193. The number of rotatable bonds is 5. The van der Waals surface area contributed by atoms with Crippen LogP contribution in [0.3, 0.4) is 0 Å². The molecule has 25 heavy (non-hydrogen) atoms. The number of hydrogen-bond donors (Lipinski definition) is 3. The third-order valence-corrected chi connectivity index (χ3v) is 4.96. The summed E-state index contributed by atoms with van der Waals surface area (Å²) < 4.78 is 6.14. The quantitative estimate of drug-likeness (QED) is 0.564. The van der Waals surface area contributed by atoms with Crippen molar-refractivity contribution in [3.63, 3.8) is 0 Å². The maximum Gasteiger partial charge on any atom is 0.259 e. The monoisotopic (exact) mass is 361 g/mol. The van der Waals surface area contributed by atoms with Crippen LogP contribution in [-0.4, -0.2) is 35.1 Å². The molecule has 2 aromatic rings. The Bertz CT molecular complexity index is 874. The molecule has 6 nitrogen and oxygen atoms in total. The molecular weight excluding hydrogens is 338 g/mol. The van der Waals surface area contributed by atoms with Crippen LogP contribution in [0.2, 0.25) is 0 Å². The van der Waals surface area contributed by atoms with Crippen LogP contribution in [-0.2, 0) is 4.74 Å². The third-order valence-electron chi connectivity index (χ3n) is 4.75. The van der Waals surface area contributed by atoms with Gasteiger partial charge in [-0.1, -0.05) is 19.8 Å². The van der Waals surface area contributed by atoms with Gasteiger partial charge in [-0.15, -0.1) is 0 Å². The number of nitrogens with one attached hydrogen (secondary N) is 3. The predicted molar refractivity (Wildman–Crippen MR) is 99.5 cm³/mol. The summed E-state index contributed by atoms with van der Waals surface area (Å²) in [5.74, 6) is 0.396. The summed E-state index contributed by atoms with van der Waals surface area (Å²) in [6.07, 6.45) is 5.13. The van der Waals surface area contributed by atoms with E-state index in [0.29, 0.717) is 41.6 Å². The van der Waals surface area contributed by atoms with E-state index >= 15 is 0 Å². The molecule has 3 N–H and O–H groups in total. The molecule has 1 fully saturated rings. The van der Waals surface area contributed by atoms with Crippen LogP contribution in [0.1, 0.15) is 43.0 Å². The average molecular weight is 361 g/mol. The topological polar surface area (TPSA) is 87.0 Å². The van der Waals surface area contributed by atoms with Gasteiger partial charge in [0.2, 0.25) is 0 Å². The molecule has 1 heterocycles. The van der Waals surface area contributed by atoms with Crippen molar-refractivity contribution in [2.24, 2.45) is 5.92 Å². The largest absolute Gasteiger partial charge is 0.376 e. The molecule has 1 aromatic carbocycles. The Labute approximate surface area is 151 Å². The van der Waals surface area contributed by atoms with Crippen molar-refractivity contribution in [1.82, 2.24) is 15.3 Å². The SMILES string of the molecule is C[C@H]1CCCC[C@H]1OCCNC(=O)c1ccc2c(=O)[nH]c(=S)[nH]c2c1. The number of benzene rings is 1. The van der Waals surface area contributed by atoms with Crippen molar-refractivity contribution in [1.29, 1.82) is 0 Å². The van der Waals surface area contributed by atoms with E-state index in [0.717, 1.165) is 6.42 Å². The summed E-state index contributed by atoms with van der Waals surface area (Å²) in [7, 11) is 0. The van der Waals surface area contributed by atoms with Gasteiger partial charge in [-0.3, -0.25) is 14.6 Å². The summed E-state index contributed by atoms with van der Waals surface area (Å²) in [5, 5.41) is 3.33. The van der Waals surface area contributed by atoms with Gasteiger partial charge in [0.1, 0.15) is 0 Å². The van der Waals surface area contributed by atoms with E-state index in [4.69, 9.17) is 17.0 Å². The lowest BCUT2D eigenvalue weighted by molar-refractivity contribution is -0.00293. The van der Waals surface area contributed by atoms with Gasteiger partial charge in [0.15, 0.2) is 4.77 Å². The lowest BCUT2D eigenvalue weighted by atomic mass is 9.88. The second kappa shape index (κ2) is 7.93. The number of carbonyl (C=O) groups is 1. The summed E-state index contributed by atoms with van der Waals surface area (Å²) in [5.41, 5.74) is 0.768. The highest BCUT2D eigenvalue weighted by Crippen LogP contribution is 2.25. The van der Waals surface area contributed by atoms with Crippen molar-refractivity contribution in [2.75, 3.05) is 13.2 Å². The average Bonchev–Trinajstić information content (AvgIpc) is 2.59. The lowest BCUT2D eigenvalue weighted by Gasteiger charge is -2.28. The summed E-state index contributed by atoms with van der Waals surface area (Å²) >= 11 is 4.96. The van der Waals surface area contributed by atoms with Gasteiger partial charge in [-0.2, -0.15) is 0 Å². The Morgan fingerprint density at radius 2 is 2.12 bits per heavy atom. The first-order chi connectivity index (χ1) is 12.0. The van der Waals surface area contributed by atoms with Gasteiger partial charge < -0.3 is 15.0 Å². The molecule has 2 atom stereocenters. The number of hydrogen-bond acceptors (Lipinski definition) is 4. The van der Waals surface area contributed by atoms with Gasteiger partial charge in [-0.05, 0) is 49.2 Å². The Morgan fingerprint density at radius 3 is 2.92 bits per heavy atom. The standard InChI is InChI=1S/C18H23N3O3S/c1-11-4-2-3-5-15(11)24-9-8-19-16(22)12-6-7-13-14(10-12)20-18(25)21-17(13)23/h6-7,10-11,15H,2-5,8-9H2,1H3,(H,19,22)(H2,20,21,23,25)/t11-,15+/m0/s1. The number of ether oxygens (including phenoxy) is 1. The Balaban J connectivity index is 1.57. The van der Waals surface area contributed by atoms with Crippen LogP contribution in [0.25, 0.3) is 10.9 Å². The van der Waals surface area contributed by atoms with Gasteiger partial charge >= 0.3 is 0 Å². The molecule has 1 saturated carbocycles. The second-order valence-corrected chi connectivity index (χ2v) is 7.00. The third kappa shape index (κ3) is 4.35. The van der Waals surface area contributed by atoms with Crippen molar-refractivity contribution < 1.29 is 9.53 Å². The van der Waals surface area contributed by atoms with E-state index in [1.807, 2.05) is 0 Å². The van der Waals surface area contributed by atoms with Crippen LogP contribution in [0.4, 0.5) is 0 Å². The Morgan fingerprint density at radius 1 is 1.32 bits per heavy atom. The fourth-order valence-electron chi connectivity index (χ4n) is 3.32. The first-order valence-corrected chi connectivity index (χ1v) is 9.11. The smallest absolute Gasteiger partial charge is 0.259 e. The first kappa shape index (κ1) is 17.8. The highest BCUT2D eigenvalue weighted by atomic mass is 32.1. The van der Waals surface area contributed by atoms with Gasteiger partial charge in [0.25, 0.3) is 11.5 Å². The highest BCUT2D eigenvalue weighted by molar-refractivity contribution is 7.71. The maximum atomic E-state index is 12.3. The first-order valence-electron chi connectivity index (χ1n) is 8.71. The Hall–Kier alpha value is -1.99. The number of aromatic nitrogens is 2. The number of amides is 1. The lowest BCUT2D eigenvalue weighted by Crippen LogP contribution is -2.31. The van der Waals surface area contributed by atoms with E-state index < -0.39 is 0 Å². The molecule has 134 valence electrons. The zero-order valence-electron chi connectivity index (χ0n) is 14.3. The van der Waals surface area contributed by atoms with Crippen LogP contribution in [0, 0.1) is 10.7 Å². The highest BCUT2D eigenvalue weighted by Gasteiger charge is 2.21. The molecule has 3 rings (SSSR count). The molecule has 1 aliphatic carbocycles. The minimum atomic E-state index is -0.263. The number of fused-ring (bicyclic) bond motifs is 1. The fourth-order valence-corrected chi connectivity index (χ4v) is 3.52. The normalized spacial score (nSPS) is 20.5. The molecule has 0 bridgehead atoms. The molecule has 0 unspecified atom stereocenters. The van der Waals surface area contributed by atoms with E-state index in [1.165, 1.54) is 19.3 Å². The zero-order chi connectivity index (χ0) is 17.8. The van der Waals surface area contributed by atoms with Crippen LogP contribution in [0.5, 0.6) is 0 Å². The van der Waals surface area contributed by atoms with Crippen LogP contribution in [0.15, 0.2) is 23.0 Å². The zero-order valence-corrected chi connectivity index (χ0v) is 15.1. The molecule has 0 radical (unpaired) electrons. The van der Waals surface area contributed by atoms with Gasteiger partial charge in [0.05, 0.1) is 23.6 Å². The summed E-state index contributed by atoms with van der Waals surface area (Å²) in [6.45, 7) is 3.20. The van der Waals surface area contributed by atoms with Crippen molar-refractivity contribution >= 4 is 29.0 Å². The van der Waals surface area contributed by atoms with Crippen LogP contribution < -0.4 is 10.9 Å². The fraction of sp³-hybridized carbons (Fsp3) is 0.500. The molecule has 0 spiro atoms. The number of H-pyrrole nitrogens is 2. The van der Waals surface area contributed by atoms with Crippen molar-refractivity contribution in [3.8, 4) is 0 Å². The second-order valence-electron chi connectivity index (χ2n) is 6.60. The van der Waals surface area contributed by atoms with Crippen molar-refractivity contribution in [2.45, 2.75) is 38.7 Å². The molecule has 1 aromatic heterocycles. The molecule has 7 heteroatoms. The molecule has 0 saturated heterocycles. The van der Waals surface area contributed by atoms with Gasteiger partial charge in [0, 0.05) is 12.1 Å².